The van der Waals surface area contributed by atoms with Crippen molar-refractivity contribution >= 4 is 45.8 Å². The van der Waals surface area contributed by atoms with Crippen LogP contribution in [0.2, 0.25) is 0 Å². The largest absolute Gasteiger partial charge is 0.444 e. The molecule has 12 nitrogen and oxygen atoms in total. The Bertz CT molecular complexity index is 2180. The van der Waals surface area contributed by atoms with Crippen molar-refractivity contribution in [2.75, 3.05) is 13.1 Å². The van der Waals surface area contributed by atoms with E-state index >= 15 is 8.78 Å². The molecule has 322 valence electrons. The van der Waals surface area contributed by atoms with Crippen molar-refractivity contribution in [1.29, 1.82) is 0 Å². The second-order valence-corrected chi connectivity index (χ2v) is 19.0. The van der Waals surface area contributed by atoms with Crippen molar-refractivity contribution in [3.05, 3.63) is 59.2 Å². The monoisotopic (exact) mass is 828 g/mol. The molecule has 2 N–H and O–H groups in total. The maximum absolute atomic E-state index is 15.1. The molecule has 0 saturated carbocycles. The van der Waals surface area contributed by atoms with Crippen molar-refractivity contribution < 1.29 is 37.4 Å². The number of halogens is 2. The van der Waals surface area contributed by atoms with Gasteiger partial charge in [-0.15, -0.1) is 0 Å². The first kappa shape index (κ1) is 41.6. The first-order valence-electron chi connectivity index (χ1n) is 21.7. The topological polar surface area (TPSA) is 127 Å². The van der Waals surface area contributed by atoms with Gasteiger partial charge in [-0.3, -0.25) is 9.59 Å². The molecule has 14 heteroatoms. The first-order chi connectivity index (χ1) is 28.5. The molecule has 2 saturated heterocycles. The van der Waals surface area contributed by atoms with Crippen LogP contribution in [0.15, 0.2) is 36.4 Å². The molecule has 2 aromatic carbocycles. The van der Waals surface area contributed by atoms with Gasteiger partial charge in [0, 0.05) is 49.0 Å². The van der Waals surface area contributed by atoms with Gasteiger partial charge in [-0.2, -0.15) is 0 Å². The van der Waals surface area contributed by atoms with Gasteiger partial charge in [-0.25, -0.2) is 18.4 Å². The summed E-state index contributed by atoms with van der Waals surface area (Å²) < 4.78 is 45.9. The summed E-state index contributed by atoms with van der Waals surface area (Å²) in [5.41, 5.74) is 3.75. The lowest BCUT2D eigenvalue weighted by atomic mass is 9.94. The van der Waals surface area contributed by atoms with E-state index in [-0.39, 0.29) is 35.5 Å². The van der Waals surface area contributed by atoms with E-state index in [0.29, 0.717) is 64.7 Å². The number of fused-ring (bicyclic) bond motifs is 8. The number of amides is 4. The fraction of sp³-hybridized carbons (Fsp3) is 0.565. The van der Waals surface area contributed by atoms with Crippen molar-refractivity contribution in [3.8, 4) is 11.4 Å². The van der Waals surface area contributed by atoms with Crippen LogP contribution in [0.5, 0.6) is 0 Å². The Morgan fingerprint density at radius 2 is 1.00 bits per heavy atom. The van der Waals surface area contributed by atoms with Crippen molar-refractivity contribution in [3.63, 3.8) is 0 Å². The van der Waals surface area contributed by atoms with E-state index in [1.807, 2.05) is 21.9 Å². The molecule has 4 aliphatic heterocycles. The highest BCUT2D eigenvalue weighted by Gasteiger charge is 2.40. The SMILES string of the molecule is CC(C)(C)OC(=O)NC1CCCC[C@H](NC(=O)OC(C)(C)C)C(=O)N2CCC[C@H]2Cc2c3n(c4cc(F)ccc24)CCn2c-3c(c3ccc(F)cc32)C[C@@H]2CCCN2C1=O. The number of nitrogens with zero attached hydrogens (tertiary/aromatic N) is 4. The van der Waals surface area contributed by atoms with Gasteiger partial charge < -0.3 is 39.0 Å². The lowest BCUT2D eigenvalue weighted by molar-refractivity contribution is -0.135. The summed E-state index contributed by atoms with van der Waals surface area (Å²) in [6, 6.07) is 7.55. The number of carbonyl (C=O) groups is 4. The molecule has 2 fully saturated rings. The predicted molar refractivity (Wildman–Crippen MR) is 224 cm³/mol. The number of rotatable bonds is 2. The van der Waals surface area contributed by atoms with E-state index in [0.717, 1.165) is 70.0 Å². The average molecular weight is 829 g/mol. The van der Waals surface area contributed by atoms with Gasteiger partial charge in [-0.05, 0) is 140 Å². The third-order valence-electron chi connectivity index (χ3n) is 12.4. The smallest absolute Gasteiger partial charge is 0.408 e. The molecule has 4 aliphatic rings. The number of benzene rings is 2. The quantitative estimate of drug-likeness (QED) is 0.211. The fourth-order valence-corrected chi connectivity index (χ4v) is 10.1. The number of hydrogen-bond donors (Lipinski definition) is 2. The first-order valence-corrected chi connectivity index (χ1v) is 21.7. The van der Waals surface area contributed by atoms with Gasteiger partial charge in [0.2, 0.25) is 11.8 Å². The predicted octanol–water partition coefficient (Wildman–Crippen LogP) is 7.98. The van der Waals surface area contributed by atoms with E-state index in [1.54, 1.807) is 53.7 Å². The molecule has 2 aromatic heterocycles. The van der Waals surface area contributed by atoms with Gasteiger partial charge in [0.05, 0.1) is 22.4 Å². The molecule has 0 bridgehead atoms. The van der Waals surface area contributed by atoms with Gasteiger partial charge in [0.1, 0.15) is 34.9 Å². The Labute approximate surface area is 349 Å². The summed E-state index contributed by atoms with van der Waals surface area (Å²) in [6.45, 7) is 12.7. The lowest BCUT2D eigenvalue weighted by Crippen LogP contribution is -2.52. The number of hydrogen-bond acceptors (Lipinski definition) is 6. The third kappa shape index (κ3) is 8.30. The fourth-order valence-electron chi connectivity index (χ4n) is 10.1. The average Bonchev–Trinajstić information content (AvgIpc) is 3.95. The molecular weight excluding hydrogens is 771 g/mol. The summed E-state index contributed by atoms with van der Waals surface area (Å²) in [7, 11) is 0. The molecule has 60 heavy (non-hydrogen) atoms. The number of nitrogens with one attached hydrogen (secondary N) is 2. The van der Waals surface area contributed by atoms with E-state index in [1.165, 1.54) is 12.1 Å². The third-order valence-corrected chi connectivity index (χ3v) is 12.4. The van der Waals surface area contributed by atoms with Crippen molar-refractivity contribution in [1.82, 2.24) is 29.6 Å². The Hall–Kier alpha value is -5.14. The van der Waals surface area contributed by atoms with Crippen LogP contribution in [0, 0.1) is 11.6 Å². The zero-order chi connectivity index (χ0) is 42.7. The van der Waals surface area contributed by atoms with Crippen molar-refractivity contribution in [2.45, 2.75) is 154 Å². The van der Waals surface area contributed by atoms with Crippen molar-refractivity contribution in [2.24, 2.45) is 0 Å². The molecular formula is C46H58F2N6O6. The highest BCUT2D eigenvalue weighted by atomic mass is 19.1. The summed E-state index contributed by atoms with van der Waals surface area (Å²) in [6.07, 6.45) is 4.22. The van der Waals surface area contributed by atoms with Gasteiger partial charge in [0.25, 0.3) is 0 Å². The molecule has 4 amide bonds. The van der Waals surface area contributed by atoms with Gasteiger partial charge >= 0.3 is 12.2 Å². The number of carbonyl (C=O) groups excluding carboxylic acids is 4. The zero-order valence-electron chi connectivity index (χ0n) is 35.7. The molecule has 1 unspecified atom stereocenters. The molecule has 4 atom stereocenters. The van der Waals surface area contributed by atoms with Crippen LogP contribution in [0.3, 0.4) is 0 Å². The van der Waals surface area contributed by atoms with Gasteiger partial charge in [-0.1, -0.05) is 12.8 Å². The Balaban J connectivity index is 1.27. The van der Waals surface area contributed by atoms with Crippen LogP contribution in [-0.4, -0.2) is 91.4 Å². The summed E-state index contributed by atoms with van der Waals surface area (Å²) in [4.78, 5) is 59.7. The highest BCUT2D eigenvalue weighted by Crippen LogP contribution is 2.45. The van der Waals surface area contributed by atoms with Crippen LogP contribution in [0.1, 0.15) is 104 Å². The van der Waals surface area contributed by atoms with Crippen LogP contribution < -0.4 is 10.6 Å². The van der Waals surface area contributed by atoms with E-state index < -0.39 is 35.5 Å². The van der Waals surface area contributed by atoms with Crippen LogP contribution in [-0.2, 0) is 45.0 Å². The summed E-state index contributed by atoms with van der Waals surface area (Å²) in [5.74, 6) is -1.12. The Morgan fingerprint density at radius 1 is 0.600 bits per heavy atom. The molecule has 4 aromatic rings. The maximum atomic E-state index is 15.1. The van der Waals surface area contributed by atoms with E-state index in [9.17, 15) is 19.2 Å². The minimum atomic E-state index is -0.895. The minimum Gasteiger partial charge on any atom is -0.444 e. The number of aromatic nitrogens is 2. The number of alkyl carbamates (subject to hydrolysis) is 2. The number of ether oxygens (including phenoxy) is 2. The second-order valence-electron chi connectivity index (χ2n) is 19.0. The number of aryl methyl sites for hydroxylation is 2. The van der Waals surface area contributed by atoms with Gasteiger partial charge in [0.15, 0.2) is 0 Å². The highest BCUT2D eigenvalue weighted by molar-refractivity contribution is 5.98. The Kier molecular flexibility index (Phi) is 11.1. The normalized spacial score (nSPS) is 22.9. The van der Waals surface area contributed by atoms with Crippen LogP contribution in [0.25, 0.3) is 33.2 Å². The minimum absolute atomic E-state index is 0.203. The maximum Gasteiger partial charge on any atom is 0.408 e. The summed E-state index contributed by atoms with van der Waals surface area (Å²) >= 11 is 0. The zero-order valence-corrected chi connectivity index (χ0v) is 35.7. The molecule has 0 spiro atoms. The summed E-state index contributed by atoms with van der Waals surface area (Å²) in [5, 5.41) is 7.55. The van der Waals surface area contributed by atoms with Crippen LogP contribution >= 0.6 is 0 Å². The van der Waals surface area contributed by atoms with Crippen LogP contribution in [0.4, 0.5) is 18.4 Å². The van der Waals surface area contributed by atoms with E-state index in [2.05, 4.69) is 19.8 Å². The molecule has 0 aliphatic carbocycles. The lowest BCUT2D eigenvalue weighted by Gasteiger charge is -2.32. The van der Waals surface area contributed by atoms with E-state index in [4.69, 9.17) is 9.47 Å². The molecule has 8 rings (SSSR count). The molecule has 0 radical (unpaired) electrons. The molecule has 6 heterocycles. The standard InChI is InChI=1S/C46H58F2N6O6/c1-45(2,3)59-43(57)49-35-13-7-8-14-36(50-44(58)60-46(4,5)6)42(56)52-20-10-12-30(52)26-34-32-18-16-28(48)24-38(32)54-22-21-53-37-23-27(47)15-17-31(37)33(39(53)40(34)54)25-29-11-9-19-51(29)41(35)55/h15-18,23-24,29-30,35-36H,7-14,19-22,25-26H2,1-6H3,(H,49,57)(H,50,58)/t29-,30-,35-,36?/m0/s1. The Morgan fingerprint density at radius 3 is 1.38 bits per heavy atom. The second kappa shape index (κ2) is 16.0.